The summed E-state index contributed by atoms with van der Waals surface area (Å²) in [5.41, 5.74) is 2.05. The molecule has 0 heterocycles. The number of para-hydroxylation sites is 2. The fourth-order valence-electron chi connectivity index (χ4n) is 2.84. The summed E-state index contributed by atoms with van der Waals surface area (Å²) in [6, 6.07) is 14.3. The fraction of sp³-hybridized carbons (Fsp3) is 0.364. The Hall–Kier alpha value is -3.02. The molecule has 2 amide bonds. The maximum Gasteiger partial charge on any atom is 0.261 e. The Morgan fingerprint density at radius 1 is 1.07 bits per heavy atom. The zero-order chi connectivity index (χ0) is 20.5. The summed E-state index contributed by atoms with van der Waals surface area (Å²) in [5.74, 6) is 0.576. The van der Waals surface area contributed by atoms with E-state index >= 15 is 0 Å². The lowest BCUT2D eigenvalue weighted by molar-refractivity contribution is -0.142. The van der Waals surface area contributed by atoms with Gasteiger partial charge >= 0.3 is 0 Å². The standard InChI is InChI=1S/C22H28N2O4/c1-5-23-22(26)17(3)24(14-18-11-7-6-10-16(18)2)21(25)15-28-20-13-9-8-12-19(20)27-4/h6-13,17H,5,14-15H2,1-4H3,(H,23,26)/t17-/m0/s1. The molecule has 0 radical (unpaired) electrons. The normalized spacial score (nSPS) is 11.4. The monoisotopic (exact) mass is 384 g/mol. The first-order valence-corrected chi connectivity index (χ1v) is 9.35. The van der Waals surface area contributed by atoms with E-state index in [0.29, 0.717) is 24.6 Å². The maximum atomic E-state index is 13.0. The van der Waals surface area contributed by atoms with Gasteiger partial charge in [0, 0.05) is 13.1 Å². The number of likely N-dealkylation sites (N-methyl/N-ethyl adjacent to an activating group) is 1. The molecule has 6 heteroatoms. The van der Waals surface area contributed by atoms with E-state index < -0.39 is 6.04 Å². The zero-order valence-electron chi connectivity index (χ0n) is 16.9. The molecule has 1 N–H and O–H groups in total. The van der Waals surface area contributed by atoms with Crippen LogP contribution in [0.5, 0.6) is 11.5 Å². The highest BCUT2D eigenvalue weighted by Crippen LogP contribution is 2.26. The van der Waals surface area contributed by atoms with Gasteiger partial charge in [0.2, 0.25) is 5.91 Å². The molecule has 0 aliphatic heterocycles. The van der Waals surface area contributed by atoms with E-state index in [1.54, 1.807) is 31.1 Å². The number of rotatable bonds is 9. The number of nitrogens with one attached hydrogen (secondary N) is 1. The van der Waals surface area contributed by atoms with Crippen LogP contribution in [-0.4, -0.2) is 43.0 Å². The highest BCUT2D eigenvalue weighted by Gasteiger charge is 2.26. The van der Waals surface area contributed by atoms with Crippen LogP contribution in [0.3, 0.4) is 0 Å². The Balaban J connectivity index is 2.18. The van der Waals surface area contributed by atoms with Crippen LogP contribution in [0.15, 0.2) is 48.5 Å². The Bertz CT molecular complexity index is 807. The van der Waals surface area contributed by atoms with Gasteiger partial charge in [-0.2, -0.15) is 0 Å². The molecule has 0 spiro atoms. The van der Waals surface area contributed by atoms with Crippen molar-refractivity contribution in [3.63, 3.8) is 0 Å². The number of hydrogen-bond acceptors (Lipinski definition) is 4. The SMILES string of the molecule is CCNC(=O)[C@H](C)N(Cc1ccccc1C)C(=O)COc1ccccc1OC. The van der Waals surface area contributed by atoms with Gasteiger partial charge in [0.1, 0.15) is 6.04 Å². The predicted octanol–water partition coefficient (Wildman–Crippen LogP) is 2.94. The third kappa shape index (κ3) is 5.49. The Labute approximate surface area is 166 Å². The molecule has 6 nitrogen and oxygen atoms in total. The minimum absolute atomic E-state index is 0.185. The quantitative estimate of drug-likeness (QED) is 0.722. The molecular formula is C22H28N2O4. The van der Waals surface area contributed by atoms with Gasteiger partial charge in [-0.3, -0.25) is 9.59 Å². The van der Waals surface area contributed by atoms with Crippen molar-refractivity contribution < 1.29 is 19.1 Å². The molecule has 0 saturated heterocycles. The van der Waals surface area contributed by atoms with Crippen LogP contribution in [0, 0.1) is 6.92 Å². The van der Waals surface area contributed by atoms with Crippen molar-refractivity contribution in [2.24, 2.45) is 0 Å². The van der Waals surface area contributed by atoms with Crippen molar-refractivity contribution in [3.8, 4) is 11.5 Å². The lowest BCUT2D eigenvalue weighted by Gasteiger charge is -2.29. The second kappa shape index (κ2) is 10.3. The molecule has 0 fully saturated rings. The topological polar surface area (TPSA) is 67.9 Å². The van der Waals surface area contributed by atoms with Gasteiger partial charge in [0.25, 0.3) is 5.91 Å². The summed E-state index contributed by atoms with van der Waals surface area (Å²) < 4.78 is 10.9. The molecule has 28 heavy (non-hydrogen) atoms. The first-order chi connectivity index (χ1) is 13.5. The molecule has 0 saturated carbocycles. The zero-order valence-corrected chi connectivity index (χ0v) is 16.9. The lowest BCUT2D eigenvalue weighted by atomic mass is 10.1. The van der Waals surface area contributed by atoms with Crippen LogP contribution in [0.2, 0.25) is 0 Å². The maximum absolute atomic E-state index is 13.0. The number of benzene rings is 2. The molecule has 0 unspecified atom stereocenters. The van der Waals surface area contributed by atoms with Gasteiger partial charge in [-0.1, -0.05) is 36.4 Å². The van der Waals surface area contributed by atoms with E-state index in [-0.39, 0.29) is 18.4 Å². The minimum atomic E-state index is -0.617. The van der Waals surface area contributed by atoms with Gasteiger partial charge in [-0.15, -0.1) is 0 Å². The molecule has 0 aromatic heterocycles. The summed E-state index contributed by atoms with van der Waals surface area (Å²) in [5, 5.41) is 2.78. The average molecular weight is 384 g/mol. The molecule has 1 atom stereocenters. The van der Waals surface area contributed by atoms with Crippen molar-refractivity contribution >= 4 is 11.8 Å². The van der Waals surface area contributed by atoms with Crippen molar-refractivity contribution in [2.75, 3.05) is 20.3 Å². The second-order valence-corrected chi connectivity index (χ2v) is 6.46. The minimum Gasteiger partial charge on any atom is -0.493 e. The highest BCUT2D eigenvalue weighted by atomic mass is 16.5. The van der Waals surface area contributed by atoms with E-state index in [2.05, 4.69) is 5.32 Å². The number of nitrogens with zero attached hydrogens (tertiary/aromatic N) is 1. The average Bonchev–Trinajstić information content (AvgIpc) is 2.71. The fourth-order valence-corrected chi connectivity index (χ4v) is 2.84. The second-order valence-electron chi connectivity index (χ2n) is 6.46. The third-order valence-electron chi connectivity index (χ3n) is 4.54. The van der Waals surface area contributed by atoms with Crippen molar-refractivity contribution in [2.45, 2.75) is 33.4 Å². The van der Waals surface area contributed by atoms with Gasteiger partial charge in [-0.05, 0) is 44.0 Å². The number of ether oxygens (including phenoxy) is 2. The van der Waals surface area contributed by atoms with E-state index in [1.807, 2.05) is 50.2 Å². The summed E-state index contributed by atoms with van der Waals surface area (Å²) in [6.45, 7) is 6.22. The number of hydrogen-bond donors (Lipinski definition) is 1. The van der Waals surface area contributed by atoms with Crippen LogP contribution in [-0.2, 0) is 16.1 Å². The Morgan fingerprint density at radius 3 is 2.36 bits per heavy atom. The highest BCUT2D eigenvalue weighted by molar-refractivity contribution is 5.88. The smallest absolute Gasteiger partial charge is 0.261 e. The Kier molecular flexibility index (Phi) is 7.87. The lowest BCUT2D eigenvalue weighted by Crippen LogP contribution is -2.49. The number of carbonyl (C=O) groups excluding carboxylic acids is 2. The van der Waals surface area contributed by atoms with Crippen molar-refractivity contribution in [1.82, 2.24) is 10.2 Å². The number of aryl methyl sites for hydroxylation is 1. The molecule has 0 bridgehead atoms. The van der Waals surface area contributed by atoms with Crippen LogP contribution >= 0.6 is 0 Å². The van der Waals surface area contributed by atoms with E-state index in [4.69, 9.17) is 9.47 Å². The summed E-state index contributed by atoms with van der Waals surface area (Å²) >= 11 is 0. The predicted molar refractivity (Wildman–Crippen MR) is 108 cm³/mol. The van der Waals surface area contributed by atoms with Gasteiger partial charge in [-0.25, -0.2) is 0 Å². The van der Waals surface area contributed by atoms with Gasteiger partial charge in [0.05, 0.1) is 7.11 Å². The van der Waals surface area contributed by atoms with Crippen molar-refractivity contribution in [3.05, 3.63) is 59.7 Å². The van der Waals surface area contributed by atoms with E-state index in [1.165, 1.54) is 0 Å². The molecule has 150 valence electrons. The van der Waals surface area contributed by atoms with E-state index in [9.17, 15) is 9.59 Å². The largest absolute Gasteiger partial charge is 0.493 e. The van der Waals surface area contributed by atoms with E-state index in [0.717, 1.165) is 11.1 Å². The molecule has 2 aromatic rings. The third-order valence-corrected chi connectivity index (χ3v) is 4.54. The van der Waals surface area contributed by atoms with Crippen molar-refractivity contribution in [1.29, 1.82) is 0 Å². The van der Waals surface area contributed by atoms with Gasteiger partial charge in [0.15, 0.2) is 18.1 Å². The number of carbonyl (C=O) groups is 2. The first-order valence-electron chi connectivity index (χ1n) is 9.35. The molecule has 2 rings (SSSR count). The summed E-state index contributed by atoms with van der Waals surface area (Å²) in [4.78, 5) is 26.9. The van der Waals surface area contributed by atoms with Crippen LogP contribution in [0.1, 0.15) is 25.0 Å². The molecule has 2 aromatic carbocycles. The molecule has 0 aliphatic carbocycles. The van der Waals surface area contributed by atoms with Gasteiger partial charge < -0.3 is 19.7 Å². The Morgan fingerprint density at radius 2 is 1.71 bits per heavy atom. The number of amides is 2. The summed E-state index contributed by atoms with van der Waals surface area (Å²) in [7, 11) is 1.55. The molecular weight excluding hydrogens is 356 g/mol. The van der Waals surface area contributed by atoms with Crippen LogP contribution < -0.4 is 14.8 Å². The first kappa shape index (κ1) is 21.3. The molecule has 0 aliphatic rings. The number of methoxy groups -OCH3 is 1. The van der Waals surface area contributed by atoms with Crippen LogP contribution in [0.25, 0.3) is 0 Å². The van der Waals surface area contributed by atoms with Crippen LogP contribution in [0.4, 0.5) is 0 Å². The summed E-state index contributed by atoms with van der Waals surface area (Å²) in [6.07, 6.45) is 0.